The number of hydrogen-bond acceptors (Lipinski definition) is 2. The molecule has 18 heavy (non-hydrogen) atoms. The Kier molecular flexibility index (Phi) is 1.91. The molecule has 0 spiro atoms. The highest BCUT2D eigenvalue weighted by molar-refractivity contribution is 6.31. The fraction of sp³-hybridized carbons (Fsp3) is 0. The van der Waals surface area contributed by atoms with Crippen molar-refractivity contribution in [2.24, 2.45) is 0 Å². The topological polar surface area (TPSA) is 26.0 Å². The van der Waals surface area contributed by atoms with Gasteiger partial charge in [0.15, 0.2) is 5.58 Å². The summed E-state index contributed by atoms with van der Waals surface area (Å²) < 4.78 is 5.90. The predicted octanol–water partition coefficient (Wildman–Crippen LogP) is 4.79. The summed E-state index contributed by atoms with van der Waals surface area (Å²) >= 11 is 6.01. The molecule has 0 unspecified atom stereocenters. The third-order valence-corrected chi connectivity index (χ3v) is 3.45. The van der Waals surface area contributed by atoms with Crippen molar-refractivity contribution in [1.29, 1.82) is 0 Å². The van der Waals surface area contributed by atoms with Crippen LogP contribution < -0.4 is 0 Å². The second-order valence-corrected chi connectivity index (χ2v) is 4.72. The van der Waals surface area contributed by atoms with E-state index in [0.29, 0.717) is 0 Å². The van der Waals surface area contributed by atoms with Gasteiger partial charge < -0.3 is 4.42 Å². The molecule has 0 bridgehead atoms. The van der Waals surface area contributed by atoms with Crippen LogP contribution in [0.2, 0.25) is 5.02 Å². The van der Waals surface area contributed by atoms with E-state index in [0.717, 1.165) is 37.7 Å². The molecule has 2 aromatic carbocycles. The largest absolute Gasteiger partial charge is 0.454 e. The summed E-state index contributed by atoms with van der Waals surface area (Å²) in [4.78, 5) is 4.09. The van der Waals surface area contributed by atoms with Crippen molar-refractivity contribution in [3.63, 3.8) is 0 Å². The number of furan rings is 1. The average Bonchev–Trinajstić information content (AvgIpc) is 2.77. The number of hydrogen-bond donors (Lipinski definition) is 0. The van der Waals surface area contributed by atoms with Gasteiger partial charge in [0.1, 0.15) is 5.58 Å². The Morgan fingerprint density at radius 1 is 0.944 bits per heavy atom. The van der Waals surface area contributed by atoms with Crippen LogP contribution in [0.3, 0.4) is 0 Å². The SMILES string of the molecule is Clc1ccc2c(ccc3c4ccncc4oc23)c1. The Morgan fingerprint density at radius 2 is 1.83 bits per heavy atom. The van der Waals surface area contributed by atoms with Crippen molar-refractivity contribution in [3.05, 3.63) is 53.8 Å². The summed E-state index contributed by atoms with van der Waals surface area (Å²) in [5.41, 5.74) is 1.71. The van der Waals surface area contributed by atoms with Gasteiger partial charge in [0.25, 0.3) is 0 Å². The first-order chi connectivity index (χ1) is 8.83. The molecule has 4 rings (SSSR count). The molecule has 0 radical (unpaired) electrons. The summed E-state index contributed by atoms with van der Waals surface area (Å²) in [6, 6.07) is 11.9. The molecule has 0 atom stereocenters. The van der Waals surface area contributed by atoms with E-state index < -0.39 is 0 Å². The average molecular weight is 254 g/mol. The first-order valence-corrected chi connectivity index (χ1v) is 6.05. The van der Waals surface area contributed by atoms with Crippen molar-refractivity contribution in [1.82, 2.24) is 4.98 Å². The van der Waals surface area contributed by atoms with Crippen LogP contribution in [-0.2, 0) is 0 Å². The Morgan fingerprint density at radius 3 is 2.78 bits per heavy atom. The zero-order chi connectivity index (χ0) is 12.1. The fourth-order valence-electron chi connectivity index (χ4n) is 2.39. The molecular formula is C15H8ClNO. The molecular weight excluding hydrogens is 246 g/mol. The zero-order valence-electron chi connectivity index (χ0n) is 9.35. The van der Waals surface area contributed by atoms with Crippen molar-refractivity contribution < 1.29 is 4.42 Å². The number of nitrogens with zero attached hydrogens (tertiary/aromatic N) is 1. The first kappa shape index (κ1) is 9.92. The second-order valence-electron chi connectivity index (χ2n) is 4.28. The van der Waals surface area contributed by atoms with Gasteiger partial charge in [-0.3, -0.25) is 4.98 Å². The molecule has 0 aliphatic heterocycles. The molecule has 4 aromatic rings. The second kappa shape index (κ2) is 3.47. The molecule has 0 saturated carbocycles. The molecule has 0 N–H and O–H groups in total. The van der Waals surface area contributed by atoms with E-state index in [1.165, 1.54) is 0 Å². The molecule has 0 saturated heterocycles. The summed E-state index contributed by atoms with van der Waals surface area (Å²) in [7, 11) is 0. The van der Waals surface area contributed by atoms with Crippen LogP contribution in [0.4, 0.5) is 0 Å². The summed E-state index contributed by atoms with van der Waals surface area (Å²) in [6.45, 7) is 0. The zero-order valence-corrected chi connectivity index (χ0v) is 10.1. The highest BCUT2D eigenvalue weighted by Crippen LogP contribution is 2.34. The van der Waals surface area contributed by atoms with Gasteiger partial charge in [-0.1, -0.05) is 17.7 Å². The van der Waals surface area contributed by atoms with Crippen molar-refractivity contribution >= 4 is 44.3 Å². The summed E-state index contributed by atoms with van der Waals surface area (Å²) in [5, 5.41) is 5.11. The summed E-state index contributed by atoms with van der Waals surface area (Å²) in [6.07, 6.45) is 3.53. The van der Waals surface area contributed by atoms with Gasteiger partial charge in [-0.2, -0.15) is 0 Å². The molecule has 86 valence electrons. The first-order valence-electron chi connectivity index (χ1n) is 5.67. The number of aromatic nitrogens is 1. The fourth-order valence-corrected chi connectivity index (χ4v) is 2.57. The Balaban J connectivity index is 2.28. The van der Waals surface area contributed by atoms with Crippen LogP contribution in [0, 0.1) is 0 Å². The lowest BCUT2D eigenvalue weighted by atomic mass is 10.1. The van der Waals surface area contributed by atoms with Gasteiger partial charge in [0.2, 0.25) is 0 Å². The van der Waals surface area contributed by atoms with Crippen LogP contribution in [0.5, 0.6) is 0 Å². The Hall–Kier alpha value is -2.06. The monoisotopic (exact) mass is 253 g/mol. The number of rotatable bonds is 0. The minimum atomic E-state index is 0.736. The molecule has 0 aliphatic rings. The lowest BCUT2D eigenvalue weighted by molar-refractivity contribution is 0.670. The number of pyridine rings is 1. The maximum absolute atomic E-state index is 6.01. The van der Waals surface area contributed by atoms with Crippen LogP contribution in [0.1, 0.15) is 0 Å². The Bertz CT molecular complexity index is 895. The van der Waals surface area contributed by atoms with Gasteiger partial charge >= 0.3 is 0 Å². The Labute approximate surface area is 108 Å². The van der Waals surface area contributed by atoms with E-state index in [4.69, 9.17) is 16.0 Å². The maximum Gasteiger partial charge on any atom is 0.153 e. The van der Waals surface area contributed by atoms with Gasteiger partial charge in [-0.15, -0.1) is 0 Å². The van der Waals surface area contributed by atoms with Gasteiger partial charge in [0.05, 0.1) is 6.20 Å². The third-order valence-electron chi connectivity index (χ3n) is 3.22. The normalized spacial score (nSPS) is 11.6. The number of halogens is 1. The van der Waals surface area contributed by atoms with Gasteiger partial charge in [-0.05, 0) is 35.7 Å². The standard InChI is InChI=1S/C15H8ClNO/c16-10-2-4-11-9(7-10)1-3-13-12-5-6-17-8-14(12)18-15(11)13/h1-8H. The van der Waals surface area contributed by atoms with Gasteiger partial charge in [0, 0.05) is 27.4 Å². The van der Waals surface area contributed by atoms with E-state index in [-0.39, 0.29) is 0 Å². The quantitative estimate of drug-likeness (QED) is 0.450. The lowest BCUT2D eigenvalue weighted by Crippen LogP contribution is -1.74. The van der Waals surface area contributed by atoms with E-state index in [1.54, 1.807) is 12.4 Å². The lowest BCUT2D eigenvalue weighted by Gasteiger charge is -1.99. The minimum absolute atomic E-state index is 0.736. The van der Waals surface area contributed by atoms with Crippen molar-refractivity contribution in [3.8, 4) is 0 Å². The maximum atomic E-state index is 6.01. The van der Waals surface area contributed by atoms with Gasteiger partial charge in [-0.25, -0.2) is 0 Å². The summed E-state index contributed by atoms with van der Waals surface area (Å²) in [5.74, 6) is 0. The molecule has 2 nitrogen and oxygen atoms in total. The molecule has 2 heterocycles. The minimum Gasteiger partial charge on any atom is -0.454 e. The smallest absolute Gasteiger partial charge is 0.153 e. The molecule has 2 aromatic heterocycles. The van der Waals surface area contributed by atoms with E-state index >= 15 is 0 Å². The highest BCUT2D eigenvalue weighted by atomic mass is 35.5. The van der Waals surface area contributed by atoms with E-state index in [2.05, 4.69) is 17.1 Å². The predicted molar refractivity (Wildman–Crippen MR) is 74.0 cm³/mol. The van der Waals surface area contributed by atoms with Crippen LogP contribution in [0.25, 0.3) is 32.7 Å². The van der Waals surface area contributed by atoms with Crippen molar-refractivity contribution in [2.75, 3.05) is 0 Å². The van der Waals surface area contributed by atoms with Crippen LogP contribution in [0.15, 0.2) is 53.2 Å². The van der Waals surface area contributed by atoms with Crippen LogP contribution in [-0.4, -0.2) is 4.98 Å². The van der Waals surface area contributed by atoms with E-state index in [1.807, 2.05) is 24.3 Å². The number of fused-ring (bicyclic) bond motifs is 5. The molecule has 3 heteroatoms. The molecule has 0 fully saturated rings. The highest BCUT2D eigenvalue weighted by Gasteiger charge is 2.09. The van der Waals surface area contributed by atoms with Crippen molar-refractivity contribution in [2.45, 2.75) is 0 Å². The molecule has 0 aliphatic carbocycles. The van der Waals surface area contributed by atoms with E-state index in [9.17, 15) is 0 Å². The van der Waals surface area contributed by atoms with Crippen LogP contribution >= 0.6 is 11.6 Å². The number of benzene rings is 2. The third kappa shape index (κ3) is 1.27. The molecule has 0 amide bonds.